The number of aromatic nitrogens is 4. The average Bonchev–Trinajstić information content (AvgIpc) is 2.90. The van der Waals surface area contributed by atoms with Gasteiger partial charge in [-0.1, -0.05) is 17.2 Å². The molecule has 3 rings (SSSR count). The van der Waals surface area contributed by atoms with Crippen LogP contribution in [0.25, 0.3) is 5.69 Å². The van der Waals surface area contributed by atoms with E-state index < -0.39 is 23.2 Å². The largest absolute Gasteiger partial charge is 0.416 e. The average molecular weight is 367 g/mol. The molecule has 3 aromatic rings. The predicted octanol–water partition coefficient (Wildman–Crippen LogP) is 2.53. The summed E-state index contributed by atoms with van der Waals surface area (Å²) in [7, 11) is 0. The van der Waals surface area contributed by atoms with Crippen molar-refractivity contribution in [2.24, 2.45) is 0 Å². The van der Waals surface area contributed by atoms with Crippen LogP contribution in [0.4, 0.5) is 23.2 Å². The van der Waals surface area contributed by atoms with Crippen LogP contribution in [0.3, 0.4) is 0 Å². The highest BCUT2D eigenvalue weighted by molar-refractivity contribution is 5.47. The first-order valence-corrected chi connectivity index (χ1v) is 7.41. The van der Waals surface area contributed by atoms with Gasteiger partial charge in [-0.25, -0.2) is 9.18 Å². The summed E-state index contributed by atoms with van der Waals surface area (Å²) < 4.78 is 53.2. The summed E-state index contributed by atoms with van der Waals surface area (Å²) in [4.78, 5) is 13.0. The lowest BCUT2D eigenvalue weighted by molar-refractivity contribution is -0.137. The lowest BCUT2D eigenvalue weighted by atomic mass is 10.1. The lowest BCUT2D eigenvalue weighted by Crippen LogP contribution is -2.23. The van der Waals surface area contributed by atoms with Crippen LogP contribution >= 0.6 is 0 Å². The Hall–Kier alpha value is -3.17. The van der Waals surface area contributed by atoms with Crippen molar-refractivity contribution in [3.8, 4) is 5.69 Å². The second-order valence-electron chi connectivity index (χ2n) is 5.70. The molecule has 0 amide bonds. The van der Waals surface area contributed by atoms with Crippen LogP contribution in [0, 0.1) is 12.7 Å². The molecule has 0 saturated carbocycles. The number of aryl methyl sites for hydroxylation is 1. The van der Waals surface area contributed by atoms with Crippen LogP contribution < -0.4 is 11.4 Å². The van der Waals surface area contributed by atoms with Gasteiger partial charge in [0, 0.05) is 5.69 Å². The van der Waals surface area contributed by atoms with E-state index in [1.54, 1.807) is 25.1 Å². The summed E-state index contributed by atoms with van der Waals surface area (Å²) in [6, 6.07) is 6.92. The van der Waals surface area contributed by atoms with Gasteiger partial charge >= 0.3 is 11.9 Å². The Morgan fingerprint density at radius 3 is 2.54 bits per heavy atom. The molecule has 0 aliphatic rings. The van der Waals surface area contributed by atoms with Crippen LogP contribution in [0.1, 0.15) is 16.7 Å². The van der Waals surface area contributed by atoms with E-state index in [2.05, 4.69) is 10.3 Å². The smallest absolute Gasteiger partial charge is 0.399 e. The highest BCUT2D eigenvalue weighted by Gasteiger charge is 2.32. The predicted molar refractivity (Wildman–Crippen MR) is 85.3 cm³/mol. The number of tetrazole rings is 1. The summed E-state index contributed by atoms with van der Waals surface area (Å²) in [5.74, 6) is -1.13. The minimum atomic E-state index is -4.76. The van der Waals surface area contributed by atoms with Gasteiger partial charge in [-0.15, -0.1) is 0 Å². The molecule has 10 heteroatoms. The standard InChI is InChI=1S/C16H13F4N5O/c1-9-4-10(2-3-14(9)21)8-24-23-22-15(26)25(24)13-6-11(16(18,19)20)5-12(17)7-13/h2-7H,8,21H2,1H3. The van der Waals surface area contributed by atoms with Gasteiger partial charge in [0.25, 0.3) is 0 Å². The monoisotopic (exact) mass is 367 g/mol. The molecule has 0 saturated heterocycles. The quantitative estimate of drug-likeness (QED) is 0.570. The first-order chi connectivity index (χ1) is 12.1. The Labute approximate surface area is 144 Å². The fourth-order valence-corrected chi connectivity index (χ4v) is 2.48. The number of nitrogen functional groups attached to an aromatic ring is 1. The SMILES string of the molecule is Cc1cc(Cn2nnc(=O)n2-c2cc(F)cc(C(F)(F)F)c2)ccc1N. The molecule has 0 spiro atoms. The summed E-state index contributed by atoms with van der Waals surface area (Å²) >= 11 is 0. The Bertz CT molecular complexity index is 1020. The molecule has 0 bridgehead atoms. The maximum absolute atomic E-state index is 13.7. The Kier molecular flexibility index (Phi) is 4.26. The van der Waals surface area contributed by atoms with E-state index in [4.69, 9.17) is 5.73 Å². The van der Waals surface area contributed by atoms with Gasteiger partial charge in [0.1, 0.15) is 5.82 Å². The molecule has 0 aliphatic heterocycles. The van der Waals surface area contributed by atoms with Crippen molar-refractivity contribution in [3.05, 3.63) is 69.4 Å². The normalized spacial score (nSPS) is 11.7. The van der Waals surface area contributed by atoms with Crippen molar-refractivity contribution >= 4 is 5.69 Å². The molecule has 26 heavy (non-hydrogen) atoms. The number of nitrogens with zero attached hydrogens (tertiary/aromatic N) is 4. The summed E-state index contributed by atoms with van der Waals surface area (Å²) in [6.45, 7) is 1.82. The first-order valence-electron chi connectivity index (χ1n) is 7.41. The van der Waals surface area contributed by atoms with Crippen LogP contribution in [0.2, 0.25) is 0 Å². The fraction of sp³-hybridized carbons (Fsp3) is 0.188. The molecule has 0 fully saturated rings. The third kappa shape index (κ3) is 3.44. The summed E-state index contributed by atoms with van der Waals surface area (Å²) in [6.07, 6.45) is -4.76. The van der Waals surface area contributed by atoms with E-state index in [1.165, 1.54) is 0 Å². The third-order valence-corrected chi connectivity index (χ3v) is 3.76. The maximum Gasteiger partial charge on any atom is 0.416 e. The topological polar surface area (TPSA) is 78.7 Å². The molecular formula is C16H13F4N5O. The molecule has 1 aromatic heterocycles. The van der Waals surface area contributed by atoms with E-state index in [0.717, 1.165) is 21.1 Å². The summed E-state index contributed by atoms with van der Waals surface area (Å²) in [5, 5.41) is 6.99. The van der Waals surface area contributed by atoms with Crippen molar-refractivity contribution in [1.82, 2.24) is 19.8 Å². The van der Waals surface area contributed by atoms with Crippen LogP contribution in [0.15, 0.2) is 41.2 Å². The van der Waals surface area contributed by atoms with Crippen molar-refractivity contribution < 1.29 is 17.6 Å². The molecule has 2 aromatic carbocycles. The van der Waals surface area contributed by atoms with E-state index in [1.807, 2.05) is 0 Å². The van der Waals surface area contributed by atoms with Crippen molar-refractivity contribution in [1.29, 1.82) is 0 Å². The number of alkyl halides is 3. The van der Waals surface area contributed by atoms with Crippen LogP contribution in [0.5, 0.6) is 0 Å². The van der Waals surface area contributed by atoms with Crippen LogP contribution in [-0.2, 0) is 12.7 Å². The number of nitrogens with two attached hydrogens (primary N) is 1. The van der Waals surface area contributed by atoms with Crippen LogP contribution in [-0.4, -0.2) is 19.8 Å². The second-order valence-corrected chi connectivity index (χ2v) is 5.70. The molecule has 2 N–H and O–H groups in total. The minimum absolute atomic E-state index is 0.0359. The molecular weight excluding hydrogens is 354 g/mol. The Balaban J connectivity index is 2.07. The number of benzene rings is 2. The molecule has 0 aliphatic carbocycles. The van der Waals surface area contributed by atoms with Crippen molar-refractivity contribution in [2.75, 3.05) is 5.73 Å². The van der Waals surface area contributed by atoms with Gasteiger partial charge in [-0.3, -0.25) is 0 Å². The van der Waals surface area contributed by atoms with Gasteiger partial charge in [0.05, 0.1) is 17.8 Å². The van der Waals surface area contributed by atoms with Gasteiger partial charge in [0.15, 0.2) is 0 Å². The highest BCUT2D eigenvalue weighted by atomic mass is 19.4. The van der Waals surface area contributed by atoms with E-state index in [-0.39, 0.29) is 12.2 Å². The van der Waals surface area contributed by atoms with Crippen molar-refractivity contribution in [3.63, 3.8) is 0 Å². The molecule has 6 nitrogen and oxygen atoms in total. The molecule has 136 valence electrons. The summed E-state index contributed by atoms with van der Waals surface area (Å²) in [5.41, 5.74) is 5.35. The van der Waals surface area contributed by atoms with Gasteiger partial charge in [-0.05, 0) is 47.5 Å². The lowest BCUT2D eigenvalue weighted by Gasteiger charge is -2.12. The van der Waals surface area contributed by atoms with E-state index in [0.29, 0.717) is 23.4 Å². The Morgan fingerprint density at radius 1 is 1.15 bits per heavy atom. The van der Waals surface area contributed by atoms with Gasteiger partial charge in [0.2, 0.25) is 0 Å². The number of anilines is 1. The highest BCUT2D eigenvalue weighted by Crippen LogP contribution is 2.31. The number of hydrogen-bond donors (Lipinski definition) is 1. The number of rotatable bonds is 3. The van der Waals surface area contributed by atoms with Gasteiger partial charge < -0.3 is 5.73 Å². The zero-order chi connectivity index (χ0) is 19.1. The maximum atomic E-state index is 13.7. The van der Waals surface area contributed by atoms with Crippen molar-refractivity contribution in [2.45, 2.75) is 19.6 Å². The molecule has 0 radical (unpaired) electrons. The minimum Gasteiger partial charge on any atom is -0.399 e. The van der Waals surface area contributed by atoms with E-state index in [9.17, 15) is 22.4 Å². The molecule has 1 heterocycles. The molecule has 0 unspecified atom stereocenters. The Morgan fingerprint density at radius 2 is 1.88 bits per heavy atom. The van der Waals surface area contributed by atoms with Gasteiger partial charge in [-0.2, -0.15) is 22.6 Å². The third-order valence-electron chi connectivity index (χ3n) is 3.76. The second kappa shape index (κ2) is 6.28. The zero-order valence-corrected chi connectivity index (χ0v) is 13.5. The number of halogens is 4. The van der Waals surface area contributed by atoms with E-state index >= 15 is 0 Å². The fourth-order valence-electron chi connectivity index (χ4n) is 2.48. The molecule has 0 atom stereocenters. The first kappa shape index (κ1) is 17.6. The number of hydrogen-bond acceptors (Lipinski definition) is 4. The zero-order valence-electron chi connectivity index (χ0n) is 13.5.